The van der Waals surface area contributed by atoms with Crippen LogP contribution >= 0.6 is 12.6 Å². The third kappa shape index (κ3) is 1.83. The topological polar surface area (TPSA) is 29.5 Å². The summed E-state index contributed by atoms with van der Waals surface area (Å²) in [5, 5.41) is 0.233. The first-order valence-corrected chi connectivity index (χ1v) is 5.14. The zero-order valence-corrected chi connectivity index (χ0v) is 8.72. The Morgan fingerprint density at radius 2 is 2.38 bits per heavy atom. The van der Waals surface area contributed by atoms with Crippen molar-refractivity contribution in [1.82, 2.24) is 4.90 Å². The first kappa shape index (κ1) is 9.34. The number of thiol groups is 1. The summed E-state index contributed by atoms with van der Waals surface area (Å²) in [5.41, 5.74) is 0.202. The highest BCUT2D eigenvalue weighted by Gasteiger charge is 2.39. The summed E-state index contributed by atoms with van der Waals surface area (Å²) in [6, 6.07) is 0. The van der Waals surface area contributed by atoms with Crippen LogP contribution in [0.4, 0.5) is 0 Å². The van der Waals surface area contributed by atoms with Crippen molar-refractivity contribution in [1.29, 1.82) is 0 Å². The van der Waals surface area contributed by atoms with E-state index in [0.717, 1.165) is 26.3 Å². The molecule has 2 rings (SSSR count). The minimum atomic E-state index is 0.202. The monoisotopic (exact) mass is 201 g/mol. The molecule has 0 aliphatic carbocycles. The van der Waals surface area contributed by atoms with Crippen LogP contribution in [0, 0.1) is 5.41 Å². The fourth-order valence-corrected chi connectivity index (χ4v) is 2.26. The number of carbonyl (C=O) groups excluding carboxylic acids is 1. The van der Waals surface area contributed by atoms with Crippen molar-refractivity contribution in [3.05, 3.63) is 0 Å². The van der Waals surface area contributed by atoms with E-state index in [4.69, 9.17) is 4.74 Å². The summed E-state index contributed by atoms with van der Waals surface area (Å²) in [7, 11) is 0. The number of ether oxygens (including phenoxy) is 1. The molecule has 0 aromatic heterocycles. The van der Waals surface area contributed by atoms with Gasteiger partial charge in [0.05, 0.1) is 13.2 Å². The molecule has 1 atom stereocenters. The van der Waals surface area contributed by atoms with Gasteiger partial charge in [0, 0.05) is 30.2 Å². The van der Waals surface area contributed by atoms with Crippen LogP contribution in [0.1, 0.15) is 13.3 Å². The first-order valence-electron chi connectivity index (χ1n) is 4.63. The van der Waals surface area contributed by atoms with Crippen molar-refractivity contribution in [3.8, 4) is 0 Å². The number of rotatable bonds is 2. The molecule has 1 amide bonds. The minimum absolute atomic E-state index is 0.202. The molecule has 2 aliphatic rings. The van der Waals surface area contributed by atoms with Crippen molar-refractivity contribution in [3.63, 3.8) is 0 Å². The Kier molecular flexibility index (Phi) is 2.28. The van der Waals surface area contributed by atoms with Crippen LogP contribution in [-0.4, -0.2) is 42.4 Å². The molecular weight excluding hydrogens is 186 g/mol. The molecular formula is C9H15NO2S. The maximum absolute atomic E-state index is 11.4. The zero-order chi connectivity index (χ0) is 9.47. The van der Waals surface area contributed by atoms with Gasteiger partial charge in [0.2, 0.25) is 5.91 Å². The van der Waals surface area contributed by atoms with E-state index in [1.807, 2.05) is 4.90 Å². The second-order valence-corrected chi connectivity index (χ2v) is 5.17. The van der Waals surface area contributed by atoms with E-state index in [0.29, 0.717) is 6.42 Å². The second-order valence-electron chi connectivity index (χ2n) is 4.44. The van der Waals surface area contributed by atoms with Gasteiger partial charge in [-0.15, -0.1) is 0 Å². The molecule has 0 N–H and O–H groups in total. The van der Waals surface area contributed by atoms with E-state index in [2.05, 4.69) is 19.6 Å². The smallest absolute Gasteiger partial charge is 0.223 e. The summed E-state index contributed by atoms with van der Waals surface area (Å²) >= 11 is 4.31. The largest absolute Gasteiger partial charge is 0.380 e. The van der Waals surface area contributed by atoms with E-state index in [1.54, 1.807) is 0 Å². The molecule has 2 saturated heterocycles. The zero-order valence-electron chi connectivity index (χ0n) is 7.82. The summed E-state index contributed by atoms with van der Waals surface area (Å²) in [6.07, 6.45) is 0.597. The van der Waals surface area contributed by atoms with Gasteiger partial charge in [-0.05, 0) is 0 Å². The Morgan fingerprint density at radius 1 is 1.69 bits per heavy atom. The Balaban J connectivity index is 1.91. The fraction of sp³-hybridized carbons (Fsp3) is 0.889. The van der Waals surface area contributed by atoms with Gasteiger partial charge in [0.1, 0.15) is 0 Å². The van der Waals surface area contributed by atoms with Crippen LogP contribution in [-0.2, 0) is 9.53 Å². The Hall–Kier alpha value is -0.220. The molecule has 74 valence electrons. The number of amides is 1. The molecule has 0 aromatic carbocycles. The highest BCUT2D eigenvalue weighted by atomic mass is 32.1. The third-order valence-corrected chi connectivity index (χ3v) is 3.01. The van der Waals surface area contributed by atoms with Gasteiger partial charge in [0.25, 0.3) is 0 Å². The highest BCUT2D eigenvalue weighted by Crippen LogP contribution is 2.29. The van der Waals surface area contributed by atoms with Gasteiger partial charge in [0.15, 0.2) is 0 Å². The van der Waals surface area contributed by atoms with Gasteiger partial charge >= 0.3 is 0 Å². The van der Waals surface area contributed by atoms with Crippen molar-refractivity contribution < 1.29 is 9.53 Å². The second kappa shape index (κ2) is 3.17. The fourth-order valence-electron chi connectivity index (χ4n) is 1.91. The molecule has 0 radical (unpaired) electrons. The van der Waals surface area contributed by atoms with Gasteiger partial charge < -0.3 is 9.64 Å². The predicted molar refractivity (Wildman–Crippen MR) is 52.9 cm³/mol. The summed E-state index contributed by atoms with van der Waals surface area (Å²) < 4.78 is 5.15. The van der Waals surface area contributed by atoms with Crippen LogP contribution < -0.4 is 0 Å². The molecule has 3 nitrogen and oxygen atoms in total. The number of hydrogen-bond donors (Lipinski definition) is 1. The number of carbonyl (C=O) groups is 1. The van der Waals surface area contributed by atoms with Gasteiger partial charge in [-0.3, -0.25) is 4.79 Å². The summed E-state index contributed by atoms with van der Waals surface area (Å²) in [5.74, 6) is 0.244. The lowest BCUT2D eigenvalue weighted by Gasteiger charge is -2.40. The molecule has 2 aliphatic heterocycles. The van der Waals surface area contributed by atoms with Gasteiger partial charge in [-0.25, -0.2) is 0 Å². The molecule has 0 saturated carbocycles. The summed E-state index contributed by atoms with van der Waals surface area (Å²) in [4.78, 5) is 13.4. The van der Waals surface area contributed by atoms with Gasteiger partial charge in [-0.2, -0.15) is 12.6 Å². The molecule has 2 heterocycles. The van der Waals surface area contributed by atoms with E-state index in [9.17, 15) is 4.79 Å². The van der Waals surface area contributed by atoms with E-state index >= 15 is 0 Å². The quantitative estimate of drug-likeness (QED) is 0.661. The van der Waals surface area contributed by atoms with Crippen LogP contribution in [0.3, 0.4) is 0 Å². The normalized spacial score (nSPS) is 32.0. The average molecular weight is 201 g/mol. The molecule has 2 fully saturated rings. The maximum atomic E-state index is 11.4. The van der Waals surface area contributed by atoms with Crippen LogP contribution in [0.25, 0.3) is 0 Å². The Labute approximate surface area is 83.8 Å². The first-order chi connectivity index (χ1) is 6.09. The molecule has 0 bridgehead atoms. The average Bonchev–Trinajstić information content (AvgIpc) is 2.27. The SMILES string of the molecule is CC1(CN2CC(S)CC2=O)COC1. The lowest BCUT2D eigenvalue weighted by molar-refractivity contribution is -0.140. The molecule has 0 spiro atoms. The van der Waals surface area contributed by atoms with E-state index < -0.39 is 0 Å². The molecule has 0 aromatic rings. The predicted octanol–water partition coefficient (Wildman–Crippen LogP) is 0.554. The van der Waals surface area contributed by atoms with Gasteiger partial charge in [-0.1, -0.05) is 6.92 Å². The van der Waals surface area contributed by atoms with Crippen LogP contribution in [0.2, 0.25) is 0 Å². The number of nitrogens with zero attached hydrogens (tertiary/aromatic N) is 1. The summed E-state index contributed by atoms with van der Waals surface area (Å²) in [6.45, 7) is 5.37. The van der Waals surface area contributed by atoms with Crippen molar-refractivity contribution in [2.75, 3.05) is 26.3 Å². The third-order valence-electron chi connectivity index (χ3n) is 2.67. The standard InChI is InChI=1S/C9H15NO2S/c1-9(5-12-6-9)4-10-3-7(13)2-8(10)11/h7,13H,2-6H2,1H3. The van der Waals surface area contributed by atoms with Crippen molar-refractivity contribution in [2.45, 2.75) is 18.6 Å². The minimum Gasteiger partial charge on any atom is -0.380 e. The number of likely N-dealkylation sites (tertiary alicyclic amines) is 1. The molecule has 1 unspecified atom stereocenters. The van der Waals surface area contributed by atoms with Crippen LogP contribution in [0.5, 0.6) is 0 Å². The highest BCUT2D eigenvalue weighted by molar-refractivity contribution is 7.81. The molecule has 13 heavy (non-hydrogen) atoms. The van der Waals surface area contributed by atoms with Crippen LogP contribution in [0.15, 0.2) is 0 Å². The van der Waals surface area contributed by atoms with E-state index in [-0.39, 0.29) is 16.6 Å². The molecule has 4 heteroatoms. The van der Waals surface area contributed by atoms with Crippen molar-refractivity contribution >= 4 is 18.5 Å². The maximum Gasteiger partial charge on any atom is 0.223 e. The van der Waals surface area contributed by atoms with E-state index in [1.165, 1.54) is 0 Å². The lowest BCUT2D eigenvalue weighted by atomic mass is 9.88. The number of hydrogen-bond acceptors (Lipinski definition) is 3. The van der Waals surface area contributed by atoms with Crippen molar-refractivity contribution in [2.24, 2.45) is 5.41 Å². The lowest BCUT2D eigenvalue weighted by Crippen LogP contribution is -2.49. The Bertz CT molecular complexity index is 228. The Morgan fingerprint density at radius 3 is 2.77 bits per heavy atom.